The van der Waals surface area contributed by atoms with E-state index >= 15 is 0 Å². The van der Waals surface area contributed by atoms with Gasteiger partial charge in [-0.05, 0) is 44.0 Å². The Kier molecular flexibility index (Phi) is 6.34. The molecule has 3 aromatic rings. The number of benzene rings is 1. The molecule has 2 N–H and O–H groups in total. The van der Waals surface area contributed by atoms with Gasteiger partial charge >= 0.3 is 0 Å². The summed E-state index contributed by atoms with van der Waals surface area (Å²) in [7, 11) is 3.88. The fraction of sp³-hybridized carbons (Fsp3) is 0.417. The second kappa shape index (κ2) is 9.18. The lowest BCUT2D eigenvalue weighted by Gasteiger charge is -2.36. The molecule has 32 heavy (non-hydrogen) atoms. The summed E-state index contributed by atoms with van der Waals surface area (Å²) in [5.41, 5.74) is 1.35. The first-order valence-corrected chi connectivity index (χ1v) is 10.7. The van der Waals surface area contributed by atoms with E-state index in [1.807, 2.05) is 43.3 Å². The number of rotatable bonds is 7. The fourth-order valence-corrected chi connectivity index (χ4v) is 4.07. The molecular formula is C24H29N3O5. The van der Waals surface area contributed by atoms with E-state index in [0.29, 0.717) is 60.7 Å². The van der Waals surface area contributed by atoms with Crippen LogP contribution in [0.15, 0.2) is 40.9 Å². The molecule has 2 aromatic heterocycles. The second-order valence-corrected chi connectivity index (χ2v) is 8.37. The summed E-state index contributed by atoms with van der Waals surface area (Å²) in [6.07, 6.45) is 2.89. The Hall–Kier alpha value is -3.10. The number of carbonyl (C=O) groups is 1. The van der Waals surface area contributed by atoms with Crippen molar-refractivity contribution in [3.63, 3.8) is 0 Å². The van der Waals surface area contributed by atoms with Crippen molar-refractivity contribution in [1.29, 1.82) is 0 Å². The van der Waals surface area contributed by atoms with Gasteiger partial charge < -0.3 is 29.2 Å². The number of fused-ring (bicyclic) bond motifs is 1. The SMILES string of the molecule is Cc1oc2ccc(OCc3cccnc3N(C)C)cc2c1C(=O)NC1(CO)CCOCC1. The molecule has 1 aromatic carbocycles. The van der Waals surface area contributed by atoms with Crippen molar-refractivity contribution >= 4 is 22.7 Å². The van der Waals surface area contributed by atoms with Crippen LogP contribution in [0.3, 0.4) is 0 Å². The number of aliphatic hydroxyl groups excluding tert-OH is 1. The highest BCUT2D eigenvalue weighted by Crippen LogP contribution is 2.31. The summed E-state index contributed by atoms with van der Waals surface area (Å²) < 4.78 is 17.2. The van der Waals surface area contributed by atoms with Gasteiger partial charge in [0.15, 0.2) is 0 Å². The largest absolute Gasteiger partial charge is 0.489 e. The van der Waals surface area contributed by atoms with Crippen LogP contribution in [0, 0.1) is 6.92 Å². The molecule has 4 rings (SSSR count). The molecule has 170 valence electrons. The number of aliphatic hydroxyl groups is 1. The van der Waals surface area contributed by atoms with Crippen LogP contribution in [0.4, 0.5) is 5.82 Å². The molecule has 0 atom stereocenters. The first-order chi connectivity index (χ1) is 15.4. The molecule has 3 heterocycles. The summed E-state index contributed by atoms with van der Waals surface area (Å²) in [5, 5.41) is 13.6. The van der Waals surface area contributed by atoms with Crippen LogP contribution in [-0.4, -0.2) is 55.5 Å². The third-order valence-corrected chi connectivity index (χ3v) is 5.88. The van der Waals surface area contributed by atoms with Crippen LogP contribution in [0.2, 0.25) is 0 Å². The summed E-state index contributed by atoms with van der Waals surface area (Å²) in [6, 6.07) is 9.31. The lowest BCUT2D eigenvalue weighted by atomic mass is 9.90. The van der Waals surface area contributed by atoms with Crippen molar-refractivity contribution in [3.05, 3.63) is 53.4 Å². The zero-order chi connectivity index (χ0) is 22.7. The van der Waals surface area contributed by atoms with Gasteiger partial charge in [-0.2, -0.15) is 0 Å². The summed E-state index contributed by atoms with van der Waals surface area (Å²) in [4.78, 5) is 19.5. The predicted molar refractivity (Wildman–Crippen MR) is 121 cm³/mol. The first-order valence-electron chi connectivity index (χ1n) is 10.7. The Labute approximate surface area is 187 Å². The smallest absolute Gasteiger partial charge is 0.255 e. The number of hydrogen-bond acceptors (Lipinski definition) is 7. The van der Waals surface area contributed by atoms with E-state index in [1.165, 1.54) is 0 Å². The zero-order valence-electron chi connectivity index (χ0n) is 18.7. The van der Waals surface area contributed by atoms with Crippen LogP contribution in [0.5, 0.6) is 5.75 Å². The molecule has 1 amide bonds. The van der Waals surface area contributed by atoms with Crippen molar-refractivity contribution in [3.8, 4) is 5.75 Å². The maximum Gasteiger partial charge on any atom is 0.255 e. The highest BCUT2D eigenvalue weighted by molar-refractivity contribution is 6.07. The van der Waals surface area contributed by atoms with E-state index in [9.17, 15) is 9.90 Å². The quantitative estimate of drug-likeness (QED) is 0.584. The number of anilines is 1. The van der Waals surface area contributed by atoms with Crippen LogP contribution in [0.1, 0.15) is 34.5 Å². The number of nitrogens with zero attached hydrogens (tertiary/aromatic N) is 2. The molecule has 1 saturated heterocycles. The predicted octanol–water partition coefficient (Wildman–Crippen LogP) is 3.05. The monoisotopic (exact) mass is 439 g/mol. The minimum atomic E-state index is -0.678. The lowest BCUT2D eigenvalue weighted by molar-refractivity contribution is 0.0125. The van der Waals surface area contributed by atoms with Gasteiger partial charge in [-0.15, -0.1) is 0 Å². The van der Waals surface area contributed by atoms with Crippen LogP contribution in [0.25, 0.3) is 11.0 Å². The van der Waals surface area contributed by atoms with Crippen molar-refractivity contribution in [2.45, 2.75) is 31.9 Å². The molecule has 1 aliphatic heterocycles. The van der Waals surface area contributed by atoms with E-state index in [-0.39, 0.29) is 12.5 Å². The molecule has 0 spiro atoms. The Bertz CT molecular complexity index is 1100. The number of furan rings is 1. The van der Waals surface area contributed by atoms with Gasteiger partial charge in [0.2, 0.25) is 0 Å². The highest BCUT2D eigenvalue weighted by Gasteiger charge is 2.35. The van der Waals surface area contributed by atoms with E-state index in [1.54, 1.807) is 19.2 Å². The topological polar surface area (TPSA) is 97.1 Å². The second-order valence-electron chi connectivity index (χ2n) is 8.37. The average molecular weight is 440 g/mol. The number of carbonyl (C=O) groups excluding carboxylic acids is 1. The third-order valence-electron chi connectivity index (χ3n) is 5.88. The average Bonchev–Trinajstić information content (AvgIpc) is 3.13. The molecule has 0 radical (unpaired) electrons. The number of nitrogens with one attached hydrogen (secondary N) is 1. The Balaban J connectivity index is 1.58. The van der Waals surface area contributed by atoms with E-state index < -0.39 is 5.54 Å². The molecule has 0 saturated carbocycles. The Morgan fingerprint density at radius 1 is 1.28 bits per heavy atom. The van der Waals surface area contributed by atoms with E-state index in [0.717, 1.165) is 11.4 Å². The summed E-state index contributed by atoms with van der Waals surface area (Å²) in [5.74, 6) is 1.73. The van der Waals surface area contributed by atoms with Crippen molar-refractivity contribution in [2.24, 2.45) is 0 Å². The third kappa shape index (κ3) is 4.42. The van der Waals surface area contributed by atoms with E-state index in [2.05, 4.69) is 10.3 Å². The van der Waals surface area contributed by atoms with Gasteiger partial charge in [-0.25, -0.2) is 4.98 Å². The molecular weight excluding hydrogens is 410 g/mol. The molecule has 8 heteroatoms. The summed E-state index contributed by atoms with van der Waals surface area (Å²) in [6.45, 7) is 2.99. The molecule has 0 bridgehead atoms. The normalized spacial score (nSPS) is 15.5. The highest BCUT2D eigenvalue weighted by atomic mass is 16.5. The number of hydrogen-bond donors (Lipinski definition) is 2. The van der Waals surface area contributed by atoms with Gasteiger partial charge in [-0.3, -0.25) is 4.79 Å². The summed E-state index contributed by atoms with van der Waals surface area (Å²) >= 11 is 0. The minimum Gasteiger partial charge on any atom is -0.489 e. The number of amides is 1. The molecule has 1 aliphatic rings. The van der Waals surface area contributed by atoms with Crippen LogP contribution in [-0.2, 0) is 11.3 Å². The molecule has 0 unspecified atom stereocenters. The molecule has 1 fully saturated rings. The Morgan fingerprint density at radius 3 is 2.78 bits per heavy atom. The first kappa shape index (κ1) is 22.1. The Morgan fingerprint density at radius 2 is 2.06 bits per heavy atom. The van der Waals surface area contributed by atoms with E-state index in [4.69, 9.17) is 13.9 Å². The standard InChI is InChI=1S/C24H29N3O5/c1-16-21(23(29)26-24(15-28)8-11-30-12-9-24)19-13-18(6-7-20(19)32-16)31-14-17-5-4-10-25-22(17)27(2)3/h4-7,10,13,28H,8-9,11-12,14-15H2,1-3H3,(H,26,29). The van der Waals surface area contributed by atoms with Crippen molar-refractivity contribution in [1.82, 2.24) is 10.3 Å². The number of aromatic nitrogens is 1. The van der Waals surface area contributed by atoms with Gasteiger partial charge in [0.25, 0.3) is 5.91 Å². The maximum atomic E-state index is 13.2. The minimum absolute atomic E-state index is 0.134. The van der Waals surface area contributed by atoms with Gasteiger partial charge in [0.05, 0.1) is 17.7 Å². The molecule has 8 nitrogen and oxygen atoms in total. The number of aryl methyl sites for hydroxylation is 1. The number of ether oxygens (including phenoxy) is 2. The van der Waals surface area contributed by atoms with Gasteiger partial charge in [-0.1, -0.05) is 6.07 Å². The van der Waals surface area contributed by atoms with Crippen molar-refractivity contribution < 1.29 is 23.8 Å². The fourth-order valence-electron chi connectivity index (χ4n) is 4.07. The number of pyridine rings is 1. The zero-order valence-corrected chi connectivity index (χ0v) is 18.7. The lowest BCUT2D eigenvalue weighted by Crippen LogP contribution is -2.54. The van der Waals surface area contributed by atoms with Gasteiger partial charge in [0.1, 0.15) is 29.5 Å². The molecule has 0 aliphatic carbocycles. The van der Waals surface area contributed by atoms with Gasteiger partial charge in [0, 0.05) is 44.5 Å². The maximum absolute atomic E-state index is 13.2. The van der Waals surface area contributed by atoms with Crippen LogP contribution < -0.4 is 15.0 Å². The van der Waals surface area contributed by atoms with Crippen LogP contribution >= 0.6 is 0 Å². The van der Waals surface area contributed by atoms with Crippen molar-refractivity contribution in [2.75, 3.05) is 38.8 Å².